The summed E-state index contributed by atoms with van der Waals surface area (Å²) in [5.41, 5.74) is 11.4. The zero-order valence-corrected chi connectivity index (χ0v) is 18.7. The summed E-state index contributed by atoms with van der Waals surface area (Å²) in [6, 6.07) is 24.2. The Morgan fingerprint density at radius 2 is 1.56 bits per heavy atom. The van der Waals surface area contributed by atoms with E-state index in [2.05, 4.69) is 117 Å². The molecule has 156 valence electrons. The van der Waals surface area contributed by atoms with Crippen molar-refractivity contribution in [2.24, 2.45) is 4.99 Å². The quantitative estimate of drug-likeness (QED) is 0.505. The molecule has 1 heterocycles. The number of nitrogens with one attached hydrogen (secondary N) is 1. The lowest BCUT2D eigenvalue weighted by Crippen LogP contribution is -2.32. The summed E-state index contributed by atoms with van der Waals surface area (Å²) in [5.74, 6) is 0.934. The van der Waals surface area contributed by atoms with E-state index in [0.29, 0.717) is 0 Å². The smallest absolute Gasteiger partial charge is 0.133 e. The van der Waals surface area contributed by atoms with E-state index in [1.54, 1.807) is 0 Å². The first-order chi connectivity index (χ1) is 15.5. The van der Waals surface area contributed by atoms with Crippen LogP contribution in [0, 0.1) is 6.92 Å². The van der Waals surface area contributed by atoms with E-state index in [4.69, 9.17) is 4.99 Å². The fourth-order valence-corrected chi connectivity index (χ4v) is 5.23. The predicted molar refractivity (Wildman–Crippen MR) is 134 cm³/mol. The van der Waals surface area contributed by atoms with Crippen molar-refractivity contribution >= 4 is 11.5 Å². The second-order valence-corrected chi connectivity index (χ2v) is 9.42. The van der Waals surface area contributed by atoms with Crippen molar-refractivity contribution in [3.63, 3.8) is 0 Å². The lowest BCUT2D eigenvalue weighted by atomic mass is 9.81. The minimum atomic E-state index is -0.0291. The second kappa shape index (κ2) is 6.93. The van der Waals surface area contributed by atoms with Crippen LogP contribution in [-0.2, 0) is 5.41 Å². The molecule has 2 nitrogen and oxygen atoms in total. The van der Waals surface area contributed by atoms with Gasteiger partial charge in [-0.25, -0.2) is 0 Å². The highest BCUT2D eigenvalue weighted by Gasteiger charge is 2.36. The molecule has 32 heavy (non-hydrogen) atoms. The van der Waals surface area contributed by atoms with E-state index in [1.165, 1.54) is 39.0 Å². The van der Waals surface area contributed by atoms with E-state index in [1.807, 2.05) is 0 Å². The molecule has 3 aromatic carbocycles. The van der Waals surface area contributed by atoms with Crippen LogP contribution in [0.15, 0.2) is 102 Å². The van der Waals surface area contributed by atoms with Crippen LogP contribution in [0.25, 0.3) is 16.8 Å². The van der Waals surface area contributed by atoms with Crippen molar-refractivity contribution < 1.29 is 0 Å². The molecule has 1 N–H and O–H groups in total. The first-order valence-corrected chi connectivity index (χ1v) is 11.3. The van der Waals surface area contributed by atoms with Gasteiger partial charge in [0.25, 0.3) is 0 Å². The van der Waals surface area contributed by atoms with Crippen LogP contribution in [0.2, 0.25) is 0 Å². The van der Waals surface area contributed by atoms with Crippen molar-refractivity contribution in [1.82, 2.24) is 5.32 Å². The molecule has 0 aromatic heterocycles. The third kappa shape index (κ3) is 2.83. The van der Waals surface area contributed by atoms with Gasteiger partial charge in [0, 0.05) is 16.6 Å². The Balaban J connectivity index is 1.45. The number of rotatable bonds is 2. The Bertz CT molecular complexity index is 1370. The lowest BCUT2D eigenvalue weighted by Gasteiger charge is -2.28. The molecule has 0 amide bonds. The second-order valence-electron chi connectivity index (χ2n) is 9.42. The van der Waals surface area contributed by atoms with Crippen LogP contribution in [-0.4, -0.2) is 11.9 Å². The number of benzene rings is 3. The third-order valence-electron chi connectivity index (χ3n) is 6.97. The van der Waals surface area contributed by atoms with Crippen LogP contribution in [0.4, 0.5) is 0 Å². The van der Waals surface area contributed by atoms with Crippen molar-refractivity contribution in [2.45, 2.75) is 32.2 Å². The number of nitrogens with zero attached hydrogens (tertiary/aromatic N) is 1. The number of aryl methyl sites for hydroxylation is 1. The maximum atomic E-state index is 5.10. The minimum absolute atomic E-state index is 0.0291. The van der Waals surface area contributed by atoms with Gasteiger partial charge in [0.15, 0.2) is 0 Å². The summed E-state index contributed by atoms with van der Waals surface area (Å²) in [7, 11) is 0. The number of amidine groups is 1. The Kier molecular flexibility index (Phi) is 4.13. The van der Waals surface area contributed by atoms with Gasteiger partial charge in [0.05, 0.1) is 11.7 Å². The summed E-state index contributed by atoms with van der Waals surface area (Å²) in [6.07, 6.45) is 8.53. The van der Waals surface area contributed by atoms with Gasteiger partial charge >= 0.3 is 0 Å². The first-order valence-electron chi connectivity index (χ1n) is 11.3. The molecule has 0 bridgehead atoms. The maximum absolute atomic E-state index is 5.10. The number of allylic oxidation sites excluding steroid dienone is 2. The van der Waals surface area contributed by atoms with Crippen molar-refractivity contribution in [3.05, 3.63) is 124 Å². The summed E-state index contributed by atoms with van der Waals surface area (Å²) in [4.78, 5) is 5.10. The molecule has 6 rings (SSSR count). The zero-order valence-electron chi connectivity index (χ0n) is 18.7. The molecule has 3 aliphatic rings. The number of fused-ring (bicyclic) bond motifs is 4. The highest BCUT2D eigenvalue weighted by Crippen LogP contribution is 2.49. The van der Waals surface area contributed by atoms with Gasteiger partial charge in [-0.3, -0.25) is 4.99 Å². The molecular formula is C30H26N2. The average Bonchev–Trinajstić information content (AvgIpc) is 3.05. The largest absolute Gasteiger partial charge is 0.339 e. The van der Waals surface area contributed by atoms with Gasteiger partial charge in [0.1, 0.15) is 5.84 Å². The van der Waals surface area contributed by atoms with Gasteiger partial charge < -0.3 is 5.32 Å². The van der Waals surface area contributed by atoms with Gasteiger partial charge in [-0.1, -0.05) is 104 Å². The fraction of sp³-hybridized carbons (Fsp3) is 0.167. The number of hydrogen-bond donors (Lipinski definition) is 1. The summed E-state index contributed by atoms with van der Waals surface area (Å²) >= 11 is 0. The third-order valence-corrected chi connectivity index (χ3v) is 6.97. The molecule has 1 unspecified atom stereocenters. The molecule has 0 radical (unpaired) electrons. The van der Waals surface area contributed by atoms with Crippen LogP contribution in [0.1, 0.15) is 41.7 Å². The molecule has 2 heteroatoms. The molecule has 0 saturated heterocycles. The minimum Gasteiger partial charge on any atom is -0.339 e. The SMILES string of the molecule is Cc1ccc2c(c1)C(C)(C)c1cc(C3=NC4C=CC=CC4=C(c4ccccc4)N3)ccc1-2. The Hall–Kier alpha value is -3.65. The fourth-order valence-electron chi connectivity index (χ4n) is 5.23. The van der Waals surface area contributed by atoms with Crippen molar-refractivity contribution in [3.8, 4) is 11.1 Å². The number of hydrogen-bond acceptors (Lipinski definition) is 2. The van der Waals surface area contributed by atoms with Gasteiger partial charge in [-0.15, -0.1) is 0 Å². The standard InChI is InChI=1S/C30H26N2/c1-19-13-15-22-23-16-14-21(18-26(23)30(2,3)25(22)17-19)29-31-27-12-8-7-11-24(27)28(32-29)20-9-5-4-6-10-20/h4-18,27H,1-3H3,(H,31,32). The Labute approximate surface area is 189 Å². The molecule has 3 aromatic rings. The lowest BCUT2D eigenvalue weighted by molar-refractivity contribution is 0.659. The van der Waals surface area contributed by atoms with Gasteiger partial charge in [0.2, 0.25) is 0 Å². The van der Waals surface area contributed by atoms with Gasteiger partial charge in [-0.2, -0.15) is 0 Å². The Morgan fingerprint density at radius 1 is 0.812 bits per heavy atom. The van der Waals surface area contributed by atoms with E-state index in [-0.39, 0.29) is 11.5 Å². The van der Waals surface area contributed by atoms with Crippen LogP contribution in [0.5, 0.6) is 0 Å². The van der Waals surface area contributed by atoms with E-state index in [9.17, 15) is 0 Å². The van der Waals surface area contributed by atoms with Gasteiger partial charge in [-0.05, 0) is 40.8 Å². The molecule has 1 atom stereocenters. The van der Waals surface area contributed by atoms with Crippen molar-refractivity contribution in [1.29, 1.82) is 0 Å². The molecule has 0 spiro atoms. The molecule has 0 fully saturated rings. The molecule has 2 aliphatic carbocycles. The molecule has 1 aliphatic heterocycles. The maximum Gasteiger partial charge on any atom is 0.133 e. The summed E-state index contributed by atoms with van der Waals surface area (Å²) in [5, 5.41) is 3.68. The van der Waals surface area contributed by atoms with E-state index < -0.39 is 0 Å². The molecular weight excluding hydrogens is 388 g/mol. The van der Waals surface area contributed by atoms with Crippen LogP contribution < -0.4 is 5.32 Å². The van der Waals surface area contributed by atoms with Crippen LogP contribution >= 0.6 is 0 Å². The highest BCUT2D eigenvalue weighted by molar-refractivity contribution is 6.06. The highest BCUT2D eigenvalue weighted by atomic mass is 15.0. The monoisotopic (exact) mass is 414 g/mol. The first kappa shape index (κ1) is 19.1. The normalized spacial score (nSPS) is 19.7. The Morgan fingerprint density at radius 3 is 2.38 bits per heavy atom. The van der Waals surface area contributed by atoms with Crippen LogP contribution in [0.3, 0.4) is 0 Å². The summed E-state index contributed by atoms with van der Waals surface area (Å²) < 4.78 is 0. The van der Waals surface area contributed by atoms with Crippen molar-refractivity contribution in [2.75, 3.05) is 0 Å². The van der Waals surface area contributed by atoms with E-state index >= 15 is 0 Å². The zero-order chi connectivity index (χ0) is 21.9. The van der Waals surface area contributed by atoms with E-state index in [0.717, 1.165) is 17.1 Å². The molecule has 0 saturated carbocycles. The topological polar surface area (TPSA) is 24.4 Å². The average molecular weight is 415 g/mol. The number of aliphatic imine (C=N–C) groups is 1. The summed E-state index contributed by atoms with van der Waals surface area (Å²) in [6.45, 7) is 6.84. The predicted octanol–water partition coefficient (Wildman–Crippen LogP) is 6.56.